The van der Waals surface area contributed by atoms with E-state index in [4.69, 9.17) is 9.47 Å². The van der Waals surface area contributed by atoms with E-state index in [1.807, 2.05) is 4.72 Å². The molecule has 1 amide bonds. The first kappa shape index (κ1) is 24.0. The summed E-state index contributed by atoms with van der Waals surface area (Å²) in [6.07, 6.45) is 10.9. The maximum atomic E-state index is 15.0. The molecule has 5 fully saturated rings. The molecule has 5 aliphatic carbocycles. The Labute approximate surface area is 202 Å². The van der Waals surface area contributed by atoms with E-state index < -0.39 is 21.7 Å². The van der Waals surface area contributed by atoms with E-state index in [0.29, 0.717) is 19.0 Å². The molecule has 5 aliphatic rings. The predicted molar refractivity (Wildman–Crippen MR) is 127 cm³/mol. The zero-order valence-electron chi connectivity index (χ0n) is 20.0. The molecule has 2 atom stereocenters. The van der Waals surface area contributed by atoms with Crippen LogP contribution in [0.3, 0.4) is 0 Å². The molecule has 188 valence electrons. The first-order valence-corrected chi connectivity index (χ1v) is 14.5. The van der Waals surface area contributed by atoms with Crippen molar-refractivity contribution in [3.63, 3.8) is 0 Å². The Morgan fingerprint density at radius 1 is 1.12 bits per heavy atom. The molecule has 0 heterocycles. The third kappa shape index (κ3) is 5.27. The monoisotopic (exact) mass is 493 g/mol. The van der Waals surface area contributed by atoms with E-state index in [1.165, 1.54) is 57.1 Å². The highest BCUT2D eigenvalue weighted by atomic mass is 32.2. The van der Waals surface area contributed by atoms with E-state index in [9.17, 15) is 13.2 Å². The Kier molecular flexibility index (Phi) is 6.66. The average Bonchev–Trinajstić information content (AvgIpc) is 3.62. The summed E-state index contributed by atoms with van der Waals surface area (Å²) in [6, 6.07) is 2.80. The van der Waals surface area contributed by atoms with Gasteiger partial charge in [-0.3, -0.25) is 4.79 Å². The molecule has 0 spiro atoms. The number of hydrogen-bond donors (Lipinski definition) is 1. The fourth-order valence-electron chi connectivity index (χ4n) is 6.86. The lowest BCUT2D eigenvalue weighted by atomic mass is 9.62. The van der Waals surface area contributed by atoms with Gasteiger partial charge in [-0.2, -0.15) is 0 Å². The summed E-state index contributed by atoms with van der Waals surface area (Å²) in [7, 11) is -3.91. The summed E-state index contributed by atoms with van der Waals surface area (Å²) >= 11 is 0. The largest absolute Gasteiger partial charge is 0.493 e. The number of sulfonamides is 1. The van der Waals surface area contributed by atoms with E-state index >= 15 is 4.39 Å². The van der Waals surface area contributed by atoms with Gasteiger partial charge in [0.25, 0.3) is 5.91 Å². The molecule has 4 bridgehead atoms. The highest BCUT2D eigenvalue weighted by Crippen LogP contribution is 2.57. The molecule has 34 heavy (non-hydrogen) atoms. The van der Waals surface area contributed by atoms with Crippen molar-refractivity contribution in [2.24, 2.45) is 23.2 Å². The highest BCUT2D eigenvalue weighted by Gasteiger charge is 2.48. The lowest BCUT2D eigenvalue weighted by Gasteiger charge is -2.45. The first-order chi connectivity index (χ1) is 16.3. The fraction of sp³-hybridized carbons (Fsp3) is 0.731. The molecule has 5 saturated carbocycles. The van der Waals surface area contributed by atoms with Gasteiger partial charge in [0.1, 0.15) is 11.6 Å². The first-order valence-electron chi connectivity index (χ1n) is 12.8. The van der Waals surface area contributed by atoms with Crippen molar-refractivity contribution >= 4 is 15.9 Å². The second-order valence-corrected chi connectivity index (χ2v) is 13.0. The van der Waals surface area contributed by atoms with Crippen molar-refractivity contribution in [2.45, 2.75) is 70.6 Å². The Morgan fingerprint density at radius 3 is 2.50 bits per heavy atom. The van der Waals surface area contributed by atoms with Crippen LogP contribution in [0.4, 0.5) is 4.39 Å². The molecule has 1 aromatic carbocycles. The topological polar surface area (TPSA) is 81.7 Å². The number of rotatable bonds is 10. The molecule has 2 unspecified atom stereocenters. The molecule has 1 aromatic rings. The van der Waals surface area contributed by atoms with Crippen molar-refractivity contribution in [1.82, 2.24) is 4.72 Å². The van der Waals surface area contributed by atoms with Gasteiger partial charge in [-0.05, 0) is 100 Å². The van der Waals surface area contributed by atoms with Crippen molar-refractivity contribution in [2.75, 3.05) is 25.6 Å². The number of hydrogen-bond acceptors (Lipinski definition) is 5. The SMILES string of the molecule is CCOCCS(=O)(=O)NC(=O)c1cc(C2CC2)c(OCC23CCC4CC(CC(C4)C2)C3)cc1F. The second kappa shape index (κ2) is 9.41. The molecular weight excluding hydrogens is 457 g/mol. The maximum absolute atomic E-state index is 15.0. The van der Waals surface area contributed by atoms with Crippen LogP contribution in [0.25, 0.3) is 0 Å². The normalized spacial score (nSPS) is 30.2. The lowest BCUT2D eigenvalue weighted by Crippen LogP contribution is -2.38. The van der Waals surface area contributed by atoms with E-state index in [0.717, 1.165) is 36.2 Å². The molecule has 0 aliphatic heterocycles. The van der Waals surface area contributed by atoms with Crippen LogP contribution in [0.2, 0.25) is 0 Å². The average molecular weight is 494 g/mol. The molecule has 6 rings (SSSR count). The summed E-state index contributed by atoms with van der Waals surface area (Å²) < 4.78 is 52.8. The Balaban J connectivity index is 1.31. The van der Waals surface area contributed by atoms with E-state index in [1.54, 1.807) is 6.92 Å². The summed E-state index contributed by atoms with van der Waals surface area (Å²) in [5.41, 5.74) is 0.751. The van der Waals surface area contributed by atoms with Crippen LogP contribution < -0.4 is 9.46 Å². The smallest absolute Gasteiger partial charge is 0.267 e. The number of carbonyl (C=O) groups is 1. The fourth-order valence-corrected chi connectivity index (χ4v) is 7.69. The molecule has 0 saturated heterocycles. The molecular formula is C26H36FNO5S. The molecule has 0 aromatic heterocycles. The Bertz CT molecular complexity index is 1020. The number of ether oxygens (including phenoxy) is 2. The van der Waals surface area contributed by atoms with Gasteiger partial charge < -0.3 is 9.47 Å². The summed E-state index contributed by atoms with van der Waals surface area (Å²) in [5.74, 6) is 1.18. The van der Waals surface area contributed by atoms with Gasteiger partial charge in [-0.15, -0.1) is 0 Å². The number of halogens is 1. The summed E-state index contributed by atoms with van der Waals surface area (Å²) in [6.45, 7) is 2.72. The van der Waals surface area contributed by atoms with Crippen LogP contribution in [0.1, 0.15) is 86.6 Å². The van der Waals surface area contributed by atoms with E-state index in [2.05, 4.69) is 0 Å². The van der Waals surface area contributed by atoms with Gasteiger partial charge >= 0.3 is 0 Å². The van der Waals surface area contributed by atoms with Crippen molar-refractivity contribution in [1.29, 1.82) is 0 Å². The molecule has 1 N–H and O–H groups in total. The van der Waals surface area contributed by atoms with E-state index in [-0.39, 0.29) is 29.3 Å². The minimum Gasteiger partial charge on any atom is -0.493 e. The van der Waals surface area contributed by atoms with Crippen LogP contribution in [0.15, 0.2) is 12.1 Å². The second-order valence-electron chi connectivity index (χ2n) is 11.1. The van der Waals surface area contributed by atoms with Gasteiger partial charge in [-0.1, -0.05) is 0 Å². The number of fused-ring (bicyclic) bond motifs is 1. The summed E-state index contributed by atoms with van der Waals surface area (Å²) in [5, 5.41) is 0. The van der Waals surface area contributed by atoms with Gasteiger partial charge in [0, 0.05) is 18.1 Å². The Morgan fingerprint density at radius 2 is 1.82 bits per heavy atom. The minimum absolute atomic E-state index is 0.0219. The van der Waals surface area contributed by atoms with Crippen LogP contribution in [0, 0.1) is 29.0 Å². The molecule has 8 heteroatoms. The highest BCUT2D eigenvalue weighted by molar-refractivity contribution is 7.90. The zero-order valence-corrected chi connectivity index (χ0v) is 20.8. The van der Waals surface area contributed by atoms with Crippen LogP contribution in [-0.2, 0) is 14.8 Å². The van der Waals surface area contributed by atoms with Gasteiger partial charge in [0.15, 0.2) is 0 Å². The number of benzene rings is 1. The van der Waals surface area contributed by atoms with Crippen molar-refractivity contribution in [3.8, 4) is 5.75 Å². The minimum atomic E-state index is -3.91. The zero-order chi connectivity index (χ0) is 23.9. The van der Waals surface area contributed by atoms with Crippen LogP contribution in [0.5, 0.6) is 5.75 Å². The molecule has 0 radical (unpaired) electrons. The van der Waals surface area contributed by atoms with Gasteiger partial charge in [-0.25, -0.2) is 17.5 Å². The predicted octanol–water partition coefficient (Wildman–Crippen LogP) is 4.78. The van der Waals surface area contributed by atoms with Gasteiger partial charge in [0.05, 0.1) is 24.5 Å². The Hall–Kier alpha value is -1.67. The number of carbonyl (C=O) groups excluding carboxylic acids is 1. The van der Waals surface area contributed by atoms with Crippen molar-refractivity contribution in [3.05, 3.63) is 29.1 Å². The van der Waals surface area contributed by atoms with Crippen molar-refractivity contribution < 1.29 is 27.1 Å². The third-order valence-electron chi connectivity index (χ3n) is 8.37. The number of nitrogens with one attached hydrogen (secondary N) is 1. The quantitative estimate of drug-likeness (QED) is 0.474. The van der Waals surface area contributed by atoms with Crippen LogP contribution in [-0.4, -0.2) is 39.9 Å². The number of amides is 1. The molecule has 6 nitrogen and oxygen atoms in total. The lowest BCUT2D eigenvalue weighted by molar-refractivity contribution is 0.0271. The summed E-state index contributed by atoms with van der Waals surface area (Å²) in [4.78, 5) is 12.6. The van der Waals surface area contributed by atoms with Crippen LogP contribution >= 0.6 is 0 Å². The third-order valence-corrected chi connectivity index (χ3v) is 9.57. The maximum Gasteiger partial charge on any atom is 0.267 e. The standard InChI is InChI=1S/C26H36FNO5S/c1-2-32-7-8-34(30,31)28-25(29)22-12-21(20-3-4-20)24(13-23(22)27)33-16-26-6-5-17-9-18(14-26)11-19(10-17)15-26/h12-13,17-20H,2-11,14-16H2,1H3,(H,28,29). The van der Waals surface area contributed by atoms with Gasteiger partial charge in [0.2, 0.25) is 10.0 Å².